The molecule has 0 aromatic rings. The van der Waals surface area contributed by atoms with Crippen LogP contribution in [0, 0.1) is 11.8 Å². The molecule has 4 nitrogen and oxygen atoms in total. The Balaban J connectivity index is 1.76. The molecule has 2 atom stereocenters. The first-order valence-corrected chi connectivity index (χ1v) is 8.50. The van der Waals surface area contributed by atoms with Crippen LogP contribution in [-0.2, 0) is 9.59 Å². The molecule has 1 aliphatic heterocycles. The highest BCUT2D eigenvalue weighted by Crippen LogP contribution is 2.33. The zero-order valence-electron chi connectivity index (χ0n) is 12.7. The van der Waals surface area contributed by atoms with Crippen LogP contribution in [0.25, 0.3) is 0 Å². The zero-order valence-corrected chi connectivity index (χ0v) is 12.7. The average Bonchev–Trinajstić information content (AvgIpc) is 3.16. The molecule has 1 N–H and O–H groups in total. The quantitative estimate of drug-likeness (QED) is 0.753. The van der Waals surface area contributed by atoms with Crippen molar-refractivity contribution < 1.29 is 9.59 Å². The van der Waals surface area contributed by atoms with Crippen LogP contribution in [0.5, 0.6) is 0 Å². The van der Waals surface area contributed by atoms with Gasteiger partial charge in [-0.15, -0.1) is 0 Å². The summed E-state index contributed by atoms with van der Waals surface area (Å²) in [5.74, 6) is 0.589. The predicted molar refractivity (Wildman–Crippen MR) is 81.6 cm³/mol. The monoisotopic (exact) mass is 290 g/mol. The van der Waals surface area contributed by atoms with Crippen molar-refractivity contribution in [1.82, 2.24) is 10.2 Å². The molecule has 3 aliphatic rings. The fourth-order valence-electron chi connectivity index (χ4n) is 4.04. The Morgan fingerprint density at radius 3 is 2.71 bits per heavy atom. The summed E-state index contributed by atoms with van der Waals surface area (Å²) in [7, 11) is 0. The van der Waals surface area contributed by atoms with Gasteiger partial charge in [0.05, 0.1) is 5.92 Å². The molecule has 0 aromatic heterocycles. The van der Waals surface area contributed by atoms with E-state index >= 15 is 0 Å². The maximum absolute atomic E-state index is 12.9. The maximum atomic E-state index is 12.9. The SMILES string of the molecule is O=C1NCCCCCN(C(=O)C2CC=CC2)[C@H]2CCC[C@@H]12. The third-order valence-corrected chi connectivity index (χ3v) is 5.23. The average molecular weight is 290 g/mol. The Bertz CT molecular complexity index is 425. The van der Waals surface area contributed by atoms with Gasteiger partial charge in [-0.3, -0.25) is 9.59 Å². The second-order valence-electron chi connectivity index (χ2n) is 6.63. The summed E-state index contributed by atoms with van der Waals surface area (Å²) < 4.78 is 0. The molecule has 0 radical (unpaired) electrons. The highest BCUT2D eigenvalue weighted by atomic mass is 16.2. The largest absolute Gasteiger partial charge is 0.356 e. The van der Waals surface area contributed by atoms with Gasteiger partial charge in [-0.1, -0.05) is 18.6 Å². The molecule has 116 valence electrons. The highest BCUT2D eigenvalue weighted by molar-refractivity contribution is 5.83. The van der Waals surface area contributed by atoms with Gasteiger partial charge in [0, 0.05) is 25.0 Å². The Labute approximate surface area is 127 Å². The lowest BCUT2D eigenvalue weighted by Crippen LogP contribution is -2.49. The number of carbonyl (C=O) groups is 2. The van der Waals surface area contributed by atoms with Crippen LogP contribution in [0.1, 0.15) is 51.4 Å². The van der Waals surface area contributed by atoms with Gasteiger partial charge < -0.3 is 10.2 Å². The van der Waals surface area contributed by atoms with E-state index in [0.29, 0.717) is 0 Å². The molecular formula is C17H26N2O2. The summed E-state index contributed by atoms with van der Waals surface area (Å²) in [5, 5.41) is 3.06. The smallest absolute Gasteiger partial charge is 0.226 e. The van der Waals surface area contributed by atoms with E-state index in [-0.39, 0.29) is 29.7 Å². The molecule has 3 rings (SSSR count). The van der Waals surface area contributed by atoms with Crippen molar-refractivity contribution in [2.45, 2.75) is 57.4 Å². The number of rotatable bonds is 1. The summed E-state index contributed by atoms with van der Waals surface area (Å²) in [6, 6.07) is 0.135. The molecule has 0 spiro atoms. The molecule has 1 saturated carbocycles. The van der Waals surface area contributed by atoms with Crippen LogP contribution in [0.4, 0.5) is 0 Å². The normalized spacial score (nSPS) is 31.0. The number of hydrogen-bond donors (Lipinski definition) is 1. The number of hydrogen-bond acceptors (Lipinski definition) is 2. The first-order valence-electron chi connectivity index (χ1n) is 8.50. The van der Waals surface area contributed by atoms with E-state index in [0.717, 1.165) is 64.5 Å². The summed E-state index contributed by atoms with van der Waals surface area (Å²) in [6.07, 6.45) is 12.1. The third-order valence-electron chi connectivity index (χ3n) is 5.23. The van der Waals surface area contributed by atoms with Gasteiger partial charge in [-0.2, -0.15) is 0 Å². The first-order chi connectivity index (χ1) is 10.3. The van der Waals surface area contributed by atoms with Gasteiger partial charge in [0.25, 0.3) is 0 Å². The molecule has 4 heteroatoms. The Morgan fingerprint density at radius 2 is 1.90 bits per heavy atom. The molecule has 2 aliphatic carbocycles. The zero-order chi connectivity index (χ0) is 14.7. The van der Waals surface area contributed by atoms with E-state index in [1.807, 2.05) is 0 Å². The van der Waals surface area contributed by atoms with Crippen LogP contribution in [-0.4, -0.2) is 35.8 Å². The van der Waals surface area contributed by atoms with Gasteiger partial charge in [-0.05, 0) is 44.9 Å². The van der Waals surface area contributed by atoms with Crippen molar-refractivity contribution in [3.63, 3.8) is 0 Å². The lowest BCUT2D eigenvalue weighted by Gasteiger charge is -2.35. The minimum absolute atomic E-state index is 0.0152. The molecule has 0 unspecified atom stereocenters. The fraction of sp³-hybridized carbons (Fsp3) is 0.765. The van der Waals surface area contributed by atoms with Gasteiger partial charge in [0.1, 0.15) is 0 Å². The van der Waals surface area contributed by atoms with Gasteiger partial charge in [-0.25, -0.2) is 0 Å². The molecule has 1 heterocycles. The maximum Gasteiger partial charge on any atom is 0.226 e. The number of amides is 2. The van der Waals surface area contributed by atoms with Crippen LogP contribution in [0.3, 0.4) is 0 Å². The van der Waals surface area contributed by atoms with E-state index < -0.39 is 0 Å². The number of fused-ring (bicyclic) bond motifs is 1. The summed E-state index contributed by atoms with van der Waals surface area (Å²) in [4.78, 5) is 27.3. The van der Waals surface area contributed by atoms with E-state index in [1.165, 1.54) is 0 Å². The number of carbonyl (C=O) groups excluding carboxylic acids is 2. The first kappa shape index (κ1) is 14.6. The molecule has 0 bridgehead atoms. The van der Waals surface area contributed by atoms with Crippen molar-refractivity contribution in [2.24, 2.45) is 11.8 Å². The molecule has 2 amide bonds. The Kier molecular flexibility index (Phi) is 4.61. The molecule has 21 heavy (non-hydrogen) atoms. The van der Waals surface area contributed by atoms with E-state index in [2.05, 4.69) is 22.4 Å². The van der Waals surface area contributed by atoms with E-state index in [1.54, 1.807) is 0 Å². The molecule has 2 fully saturated rings. The van der Waals surface area contributed by atoms with Crippen LogP contribution >= 0.6 is 0 Å². The lowest BCUT2D eigenvalue weighted by atomic mass is 9.96. The van der Waals surface area contributed by atoms with Crippen molar-refractivity contribution in [1.29, 1.82) is 0 Å². The van der Waals surface area contributed by atoms with Crippen LogP contribution in [0.15, 0.2) is 12.2 Å². The third kappa shape index (κ3) is 3.14. The summed E-state index contributed by atoms with van der Waals surface area (Å²) in [6.45, 7) is 1.63. The van der Waals surface area contributed by atoms with Crippen molar-refractivity contribution in [3.8, 4) is 0 Å². The number of nitrogens with zero attached hydrogens (tertiary/aromatic N) is 1. The van der Waals surface area contributed by atoms with E-state index in [9.17, 15) is 9.59 Å². The molecular weight excluding hydrogens is 264 g/mol. The minimum atomic E-state index is 0.0152. The van der Waals surface area contributed by atoms with E-state index in [4.69, 9.17) is 0 Å². The van der Waals surface area contributed by atoms with Crippen LogP contribution < -0.4 is 5.32 Å². The lowest BCUT2D eigenvalue weighted by molar-refractivity contribution is -0.140. The summed E-state index contributed by atoms with van der Waals surface area (Å²) >= 11 is 0. The Morgan fingerprint density at radius 1 is 1.10 bits per heavy atom. The standard InChI is InChI=1S/C17H26N2O2/c20-16-14-9-6-10-15(14)19(12-5-1-4-11-18-16)17(21)13-7-2-3-8-13/h2-3,13-15H,1,4-12H2,(H,18,20)/t14-,15+/m1/s1. The summed E-state index contributed by atoms with van der Waals surface area (Å²) in [5.41, 5.74) is 0. The van der Waals surface area contributed by atoms with Crippen molar-refractivity contribution >= 4 is 11.8 Å². The van der Waals surface area contributed by atoms with Crippen molar-refractivity contribution in [2.75, 3.05) is 13.1 Å². The predicted octanol–water partition coefficient (Wildman–Crippen LogP) is 2.25. The number of nitrogens with one attached hydrogen (secondary N) is 1. The Hall–Kier alpha value is -1.32. The number of allylic oxidation sites excluding steroid dienone is 2. The fourth-order valence-corrected chi connectivity index (χ4v) is 4.04. The second-order valence-corrected chi connectivity index (χ2v) is 6.63. The molecule has 1 saturated heterocycles. The molecule has 0 aromatic carbocycles. The van der Waals surface area contributed by atoms with Crippen molar-refractivity contribution in [3.05, 3.63) is 12.2 Å². The second kappa shape index (κ2) is 6.63. The highest BCUT2D eigenvalue weighted by Gasteiger charge is 2.40. The van der Waals surface area contributed by atoms with Gasteiger partial charge >= 0.3 is 0 Å². The minimum Gasteiger partial charge on any atom is -0.356 e. The van der Waals surface area contributed by atoms with Crippen LogP contribution in [0.2, 0.25) is 0 Å². The van der Waals surface area contributed by atoms with Gasteiger partial charge in [0.2, 0.25) is 11.8 Å². The topological polar surface area (TPSA) is 49.4 Å². The van der Waals surface area contributed by atoms with Gasteiger partial charge in [0.15, 0.2) is 0 Å².